The van der Waals surface area contributed by atoms with Gasteiger partial charge in [0.15, 0.2) is 0 Å². The van der Waals surface area contributed by atoms with E-state index in [9.17, 15) is 4.79 Å². The summed E-state index contributed by atoms with van der Waals surface area (Å²) >= 11 is 7.79. The number of halogens is 1. The Hall–Kier alpha value is -2.89. The van der Waals surface area contributed by atoms with Gasteiger partial charge in [-0.2, -0.15) is 0 Å². The largest absolute Gasteiger partial charge is 0.497 e. The fourth-order valence-electron chi connectivity index (χ4n) is 3.39. The first-order valence-corrected chi connectivity index (χ1v) is 11.4. The number of fused-ring (bicyclic) bond motifs is 1. The SMILES string of the molecule is COc1ccc(C(=O)NCCn2cc(SCc3ccc(Cl)cc3)c3ccccc32)cc1. The molecule has 0 bridgehead atoms. The number of benzene rings is 3. The third kappa shape index (κ3) is 5.24. The Morgan fingerprint density at radius 1 is 1.03 bits per heavy atom. The zero-order valence-corrected chi connectivity index (χ0v) is 18.7. The van der Waals surface area contributed by atoms with Crippen LogP contribution in [0.5, 0.6) is 5.75 Å². The molecule has 31 heavy (non-hydrogen) atoms. The second-order valence-electron chi connectivity index (χ2n) is 7.10. The van der Waals surface area contributed by atoms with Crippen molar-refractivity contribution in [3.63, 3.8) is 0 Å². The quantitative estimate of drug-likeness (QED) is 0.333. The lowest BCUT2D eigenvalue weighted by atomic mass is 10.2. The Morgan fingerprint density at radius 3 is 2.52 bits per heavy atom. The second kappa shape index (κ2) is 9.94. The molecule has 4 aromatic rings. The molecule has 0 aliphatic carbocycles. The van der Waals surface area contributed by atoms with Gasteiger partial charge in [-0.1, -0.05) is 41.9 Å². The summed E-state index contributed by atoms with van der Waals surface area (Å²) in [5, 5.41) is 4.98. The minimum atomic E-state index is -0.0866. The van der Waals surface area contributed by atoms with E-state index in [1.807, 2.05) is 18.2 Å². The maximum absolute atomic E-state index is 12.4. The summed E-state index contributed by atoms with van der Waals surface area (Å²) in [6.45, 7) is 1.24. The van der Waals surface area contributed by atoms with E-state index in [0.717, 1.165) is 16.5 Å². The van der Waals surface area contributed by atoms with E-state index in [1.165, 1.54) is 21.4 Å². The van der Waals surface area contributed by atoms with Crippen LogP contribution in [0.25, 0.3) is 10.9 Å². The number of carbonyl (C=O) groups excluding carboxylic acids is 1. The number of amides is 1. The molecular formula is C25H23ClN2O2S. The number of hydrogen-bond acceptors (Lipinski definition) is 3. The molecule has 1 N–H and O–H groups in total. The molecule has 1 heterocycles. The van der Waals surface area contributed by atoms with Gasteiger partial charge >= 0.3 is 0 Å². The lowest BCUT2D eigenvalue weighted by molar-refractivity contribution is 0.0952. The number of para-hydroxylation sites is 1. The first-order chi connectivity index (χ1) is 15.1. The Labute approximate surface area is 191 Å². The highest BCUT2D eigenvalue weighted by molar-refractivity contribution is 7.98. The number of nitrogens with one attached hydrogen (secondary N) is 1. The van der Waals surface area contributed by atoms with Gasteiger partial charge in [-0.15, -0.1) is 11.8 Å². The maximum atomic E-state index is 12.4. The van der Waals surface area contributed by atoms with Gasteiger partial charge in [-0.3, -0.25) is 4.79 Å². The summed E-state index contributed by atoms with van der Waals surface area (Å²) in [5.74, 6) is 1.52. The molecule has 0 radical (unpaired) electrons. The lowest BCUT2D eigenvalue weighted by Gasteiger charge is -2.08. The summed E-state index contributed by atoms with van der Waals surface area (Å²) < 4.78 is 7.34. The summed E-state index contributed by atoms with van der Waals surface area (Å²) in [4.78, 5) is 13.6. The summed E-state index contributed by atoms with van der Waals surface area (Å²) in [5.41, 5.74) is 3.02. The fraction of sp³-hybridized carbons (Fsp3) is 0.160. The highest BCUT2D eigenvalue weighted by atomic mass is 35.5. The molecule has 0 aliphatic rings. The van der Waals surface area contributed by atoms with E-state index in [2.05, 4.69) is 46.4 Å². The van der Waals surface area contributed by atoms with Crippen LogP contribution in [0.15, 0.2) is 83.9 Å². The smallest absolute Gasteiger partial charge is 0.251 e. The number of hydrogen-bond donors (Lipinski definition) is 1. The van der Waals surface area contributed by atoms with E-state index in [0.29, 0.717) is 18.7 Å². The molecule has 158 valence electrons. The number of thioether (sulfide) groups is 1. The molecule has 1 aromatic heterocycles. The molecular weight excluding hydrogens is 428 g/mol. The molecule has 1 amide bonds. The van der Waals surface area contributed by atoms with E-state index in [1.54, 1.807) is 43.1 Å². The molecule has 4 rings (SSSR count). The zero-order chi connectivity index (χ0) is 21.6. The first kappa shape index (κ1) is 21.3. The van der Waals surface area contributed by atoms with E-state index in [-0.39, 0.29) is 5.91 Å². The second-order valence-corrected chi connectivity index (χ2v) is 8.56. The van der Waals surface area contributed by atoms with Crippen molar-refractivity contribution in [2.24, 2.45) is 0 Å². The zero-order valence-electron chi connectivity index (χ0n) is 17.2. The number of aromatic nitrogens is 1. The van der Waals surface area contributed by atoms with E-state index >= 15 is 0 Å². The Balaban J connectivity index is 1.41. The topological polar surface area (TPSA) is 43.3 Å². The minimum Gasteiger partial charge on any atom is -0.497 e. The van der Waals surface area contributed by atoms with Crippen molar-refractivity contribution in [3.8, 4) is 5.75 Å². The number of ether oxygens (including phenoxy) is 1. The number of carbonyl (C=O) groups is 1. The van der Waals surface area contributed by atoms with Crippen molar-refractivity contribution in [2.45, 2.75) is 17.2 Å². The van der Waals surface area contributed by atoms with E-state index < -0.39 is 0 Å². The van der Waals surface area contributed by atoms with Gasteiger partial charge in [0.1, 0.15) is 5.75 Å². The molecule has 4 nitrogen and oxygen atoms in total. The van der Waals surface area contributed by atoms with Crippen molar-refractivity contribution < 1.29 is 9.53 Å². The fourth-order valence-corrected chi connectivity index (χ4v) is 4.56. The van der Waals surface area contributed by atoms with Crippen LogP contribution in [0.3, 0.4) is 0 Å². The molecule has 0 saturated carbocycles. The van der Waals surface area contributed by atoms with Crippen LogP contribution < -0.4 is 10.1 Å². The average molecular weight is 451 g/mol. The summed E-state index contributed by atoms with van der Waals surface area (Å²) in [7, 11) is 1.61. The summed E-state index contributed by atoms with van der Waals surface area (Å²) in [6.07, 6.45) is 2.17. The molecule has 0 fully saturated rings. The van der Waals surface area contributed by atoms with Crippen LogP contribution in [-0.2, 0) is 12.3 Å². The van der Waals surface area contributed by atoms with Crippen molar-refractivity contribution in [2.75, 3.05) is 13.7 Å². The molecule has 0 unspecified atom stereocenters. The normalized spacial score (nSPS) is 10.9. The highest BCUT2D eigenvalue weighted by Gasteiger charge is 2.10. The third-order valence-electron chi connectivity index (χ3n) is 5.05. The molecule has 0 aliphatic heterocycles. The van der Waals surface area contributed by atoms with Crippen molar-refractivity contribution in [1.29, 1.82) is 0 Å². The van der Waals surface area contributed by atoms with Crippen LogP contribution in [0, 0.1) is 0 Å². The Morgan fingerprint density at radius 2 is 1.77 bits per heavy atom. The van der Waals surface area contributed by atoms with Crippen LogP contribution in [0.1, 0.15) is 15.9 Å². The summed E-state index contributed by atoms with van der Waals surface area (Å²) in [6, 6.07) is 23.4. The van der Waals surface area contributed by atoms with Gasteiger partial charge in [-0.05, 0) is 48.0 Å². The van der Waals surface area contributed by atoms with Crippen LogP contribution in [-0.4, -0.2) is 24.1 Å². The number of methoxy groups -OCH3 is 1. The van der Waals surface area contributed by atoms with Gasteiger partial charge < -0.3 is 14.6 Å². The van der Waals surface area contributed by atoms with Gasteiger partial charge in [0.05, 0.1) is 7.11 Å². The monoisotopic (exact) mass is 450 g/mol. The lowest BCUT2D eigenvalue weighted by Crippen LogP contribution is -2.27. The van der Waals surface area contributed by atoms with Crippen LogP contribution in [0.2, 0.25) is 5.02 Å². The van der Waals surface area contributed by atoms with Crippen molar-refractivity contribution in [3.05, 3.63) is 95.1 Å². The van der Waals surface area contributed by atoms with Crippen LogP contribution in [0.4, 0.5) is 0 Å². The van der Waals surface area contributed by atoms with Gasteiger partial charge in [0.2, 0.25) is 0 Å². The van der Waals surface area contributed by atoms with Crippen LogP contribution >= 0.6 is 23.4 Å². The number of nitrogens with zero attached hydrogens (tertiary/aromatic N) is 1. The average Bonchev–Trinajstić information content (AvgIpc) is 3.16. The van der Waals surface area contributed by atoms with E-state index in [4.69, 9.17) is 16.3 Å². The standard InChI is InChI=1S/C25H23ClN2O2S/c1-30-21-12-8-19(9-13-21)25(29)27-14-15-28-16-24(22-4-2-3-5-23(22)28)31-17-18-6-10-20(26)11-7-18/h2-13,16H,14-15,17H2,1H3,(H,27,29). The molecule has 0 atom stereocenters. The minimum absolute atomic E-state index is 0.0866. The maximum Gasteiger partial charge on any atom is 0.251 e. The van der Waals surface area contributed by atoms with Gasteiger partial charge in [-0.25, -0.2) is 0 Å². The molecule has 0 spiro atoms. The first-order valence-electron chi connectivity index (χ1n) is 10.0. The Bertz CT molecular complexity index is 1170. The number of rotatable bonds is 8. The van der Waals surface area contributed by atoms with Crippen molar-refractivity contribution >= 4 is 40.2 Å². The van der Waals surface area contributed by atoms with Gasteiger partial charge in [0.25, 0.3) is 5.91 Å². The van der Waals surface area contributed by atoms with Gasteiger partial charge in [0, 0.05) is 51.4 Å². The van der Waals surface area contributed by atoms with Crippen molar-refractivity contribution in [1.82, 2.24) is 9.88 Å². The third-order valence-corrected chi connectivity index (χ3v) is 6.42. The molecule has 0 saturated heterocycles. The predicted molar refractivity (Wildman–Crippen MR) is 128 cm³/mol. The molecule has 3 aromatic carbocycles. The Kier molecular flexibility index (Phi) is 6.85. The molecule has 6 heteroatoms. The predicted octanol–water partition coefficient (Wildman–Crippen LogP) is 6.03. The highest BCUT2D eigenvalue weighted by Crippen LogP contribution is 2.32.